The van der Waals surface area contributed by atoms with E-state index in [1.54, 1.807) is 7.05 Å². The number of amides is 1. The Labute approximate surface area is 114 Å². The first-order valence-corrected chi connectivity index (χ1v) is 6.46. The number of carbonyl (C=O) groups is 1. The summed E-state index contributed by atoms with van der Waals surface area (Å²) in [5.74, 6) is 0.694. The molecule has 0 aromatic carbocycles. The Kier molecular flexibility index (Phi) is 6.21. The van der Waals surface area contributed by atoms with Gasteiger partial charge < -0.3 is 15.4 Å². The molecule has 0 spiro atoms. The lowest BCUT2D eigenvalue weighted by atomic mass is 10.1. The lowest BCUT2D eigenvalue weighted by molar-refractivity contribution is 0.0801. The van der Waals surface area contributed by atoms with Gasteiger partial charge in [0.1, 0.15) is 11.5 Å². The second kappa shape index (κ2) is 7.68. The second-order valence-corrected chi connectivity index (χ2v) is 4.52. The molecule has 1 amide bonds. The van der Waals surface area contributed by atoms with Crippen LogP contribution in [0.4, 0.5) is 5.82 Å². The normalized spacial score (nSPS) is 12.3. The van der Waals surface area contributed by atoms with Crippen molar-refractivity contribution in [1.29, 1.82) is 0 Å². The van der Waals surface area contributed by atoms with E-state index in [9.17, 15) is 4.79 Å². The van der Waals surface area contributed by atoms with Crippen LogP contribution in [0.5, 0.6) is 0 Å². The molecule has 0 saturated heterocycles. The van der Waals surface area contributed by atoms with Crippen molar-refractivity contribution in [2.24, 2.45) is 5.92 Å². The van der Waals surface area contributed by atoms with E-state index in [-0.39, 0.29) is 11.9 Å². The molecule has 0 aliphatic carbocycles. The number of nitrogens with zero attached hydrogens (tertiary/aromatic N) is 2. The molecule has 0 radical (unpaired) electrons. The number of hydrogen-bond acceptors (Lipinski definition) is 5. The quantitative estimate of drug-likeness (QED) is 0.778. The van der Waals surface area contributed by atoms with Crippen molar-refractivity contribution in [2.45, 2.75) is 26.8 Å². The number of nitrogens with one attached hydrogen (secondary N) is 2. The van der Waals surface area contributed by atoms with Crippen LogP contribution in [-0.4, -0.2) is 42.2 Å². The maximum atomic E-state index is 12.0. The molecule has 1 aromatic rings. The summed E-state index contributed by atoms with van der Waals surface area (Å²) in [6, 6.07) is -0.0294. The van der Waals surface area contributed by atoms with Crippen molar-refractivity contribution in [3.05, 3.63) is 18.1 Å². The van der Waals surface area contributed by atoms with Gasteiger partial charge in [0.25, 0.3) is 5.91 Å². The van der Waals surface area contributed by atoms with E-state index in [4.69, 9.17) is 4.74 Å². The Morgan fingerprint density at radius 3 is 2.58 bits per heavy atom. The summed E-state index contributed by atoms with van der Waals surface area (Å²) in [4.78, 5) is 20.2. The number of hydrogen-bond donors (Lipinski definition) is 2. The summed E-state index contributed by atoms with van der Waals surface area (Å²) in [7, 11) is 1.75. The van der Waals surface area contributed by atoms with Gasteiger partial charge in [-0.05, 0) is 12.8 Å². The smallest absolute Gasteiger partial charge is 0.271 e. The maximum absolute atomic E-state index is 12.0. The first-order chi connectivity index (χ1) is 9.08. The summed E-state index contributed by atoms with van der Waals surface area (Å²) in [6.45, 7) is 7.15. The van der Waals surface area contributed by atoms with Gasteiger partial charge in [-0.3, -0.25) is 4.79 Å². The molecular formula is C13H22N4O2. The van der Waals surface area contributed by atoms with Gasteiger partial charge in [-0.1, -0.05) is 13.8 Å². The maximum Gasteiger partial charge on any atom is 0.271 e. The monoisotopic (exact) mass is 266 g/mol. The Balaban J connectivity index is 2.64. The SMILES string of the molecule is CCOCC(NC(=O)c1cnc(NC)cn1)C(C)C. The Hall–Kier alpha value is -1.69. The van der Waals surface area contributed by atoms with Crippen LogP contribution in [0.1, 0.15) is 31.3 Å². The average molecular weight is 266 g/mol. The summed E-state index contributed by atoms with van der Waals surface area (Å²) in [6.07, 6.45) is 2.99. The third kappa shape index (κ3) is 4.82. The summed E-state index contributed by atoms with van der Waals surface area (Å²) in [5, 5.41) is 5.77. The number of rotatable bonds is 7. The second-order valence-electron chi connectivity index (χ2n) is 4.52. The topological polar surface area (TPSA) is 76.1 Å². The Morgan fingerprint density at radius 2 is 2.11 bits per heavy atom. The highest BCUT2D eigenvalue weighted by Crippen LogP contribution is 2.05. The highest BCUT2D eigenvalue weighted by atomic mass is 16.5. The van der Waals surface area contributed by atoms with Crippen LogP contribution in [-0.2, 0) is 4.74 Å². The number of carbonyl (C=O) groups excluding carboxylic acids is 1. The van der Waals surface area contributed by atoms with E-state index in [1.165, 1.54) is 12.4 Å². The van der Waals surface area contributed by atoms with E-state index in [1.807, 2.05) is 20.8 Å². The Morgan fingerprint density at radius 1 is 1.37 bits per heavy atom. The third-order valence-electron chi connectivity index (χ3n) is 2.76. The lowest BCUT2D eigenvalue weighted by Gasteiger charge is -2.21. The van der Waals surface area contributed by atoms with Crippen molar-refractivity contribution >= 4 is 11.7 Å². The van der Waals surface area contributed by atoms with Crippen LogP contribution in [0.25, 0.3) is 0 Å². The molecule has 19 heavy (non-hydrogen) atoms. The van der Waals surface area contributed by atoms with Crippen molar-refractivity contribution < 1.29 is 9.53 Å². The van der Waals surface area contributed by atoms with Crippen LogP contribution < -0.4 is 10.6 Å². The van der Waals surface area contributed by atoms with Crippen LogP contribution in [0.2, 0.25) is 0 Å². The van der Waals surface area contributed by atoms with Crippen molar-refractivity contribution in [2.75, 3.05) is 25.6 Å². The fraction of sp³-hybridized carbons (Fsp3) is 0.615. The van der Waals surface area contributed by atoms with E-state index in [0.717, 1.165) is 0 Å². The molecule has 1 unspecified atom stereocenters. The molecule has 1 atom stereocenters. The zero-order valence-electron chi connectivity index (χ0n) is 11.9. The van der Waals surface area contributed by atoms with E-state index >= 15 is 0 Å². The Bertz CT molecular complexity index is 392. The van der Waals surface area contributed by atoms with Gasteiger partial charge in [0.2, 0.25) is 0 Å². The molecule has 0 aliphatic rings. The van der Waals surface area contributed by atoms with E-state index in [2.05, 4.69) is 20.6 Å². The van der Waals surface area contributed by atoms with Crippen LogP contribution in [0.15, 0.2) is 12.4 Å². The molecule has 1 rings (SSSR count). The highest BCUT2D eigenvalue weighted by Gasteiger charge is 2.18. The zero-order valence-corrected chi connectivity index (χ0v) is 11.9. The molecule has 0 saturated carbocycles. The van der Waals surface area contributed by atoms with Crippen molar-refractivity contribution in [3.63, 3.8) is 0 Å². The van der Waals surface area contributed by atoms with Crippen LogP contribution in [0, 0.1) is 5.92 Å². The molecule has 106 valence electrons. The molecule has 2 N–H and O–H groups in total. The minimum Gasteiger partial charge on any atom is -0.380 e. The molecule has 1 aromatic heterocycles. The number of ether oxygens (including phenoxy) is 1. The average Bonchev–Trinajstić information content (AvgIpc) is 2.43. The first-order valence-electron chi connectivity index (χ1n) is 6.46. The van der Waals surface area contributed by atoms with Gasteiger partial charge in [-0.15, -0.1) is 0 Å². The minimum atomic E-state index is -0.228. The fourth-order valence-electron chi connectivity index (χ4n) is 1.46. The molecule has 0 fully saturated rings. The van der Waals surface area contributed by atoms with Crippen LogP contribution in [0.3, 0.4) is 0 Å². The third-order valence-corrected chi connectivity index (χ3v) is 2.76. The summed E-state index contributed by atoms with van der Waals surface area (Å²) >= 11 is 0. The molecule has 6 heteroatoms. The standard InChI is InChI=1S/C13H22N4O2/c1-5-19-8-11(9(2)3)17-13(18)10-6-16-12(14-4)7-15-10/h6-7,9,11H,5,8H2,1-4H3,(H,14,16)(H,17,18). The summed E-state index contributed by atoms with van der Waals surface area (Å²) in [5.41, 5.74) is 0.307. The van der Waals surface area contributed by atoms with E-state index in [0.29, 0.717) is 30.6 Å². The number of aromatic nitrogens is 2. The van der Waals surface area contributed by atoms with Gasteiger partial charge in [0.05, 0.1) is 25.0 Å². The van der Waals surface area contributed by atoms with Gasteiger partial charge in [-0.25, -0.2) is 9.97 Å². The van der Waals surface area contributed by atoms with Gasteiger partial charge >= 0.3 is 0 Å². The van der Waals surface area contributed by atoms with Gasteiger partial charge in [-0.2, -0.15) is 0 Å². The summed E-state index contributed by atoms with van der Waals surface area (Å²) < 4.78 is 5.37. The fourth-order valence-corrected chi connectivity index (χ4v) is 1.46. The lowest BCUT2D eigenvalue weighted by Crippen LogP contribution is -2.42. The molecule has 0 aliphatic heterocycles. The first kappa shape index (κ1) is 15.4. The van der Waals surface area contributed by atoms with Gasteiger partial charge in [0, 0.05) is 13.7 Å². The van der Waals surface area contributed by atoms with Crippen LogP contribution >= 0.6 is 0 Å². The van der Waals surface area contributed by atoms with Crippen molar-refractivity contribution in [3.8, 4) is 0 Å². The molecule has 0 bridgehead atoms. The molecule has 1 heterocycles. The van der Waals surface area contributed by atoms with Gasteiger partial charge in [0.15, 0.2) is 0 Å². The molecular weight excluding hydrogens is 244 g/mol. The predicted octanol–water partition coefficient (Wildman–Crippen LogP) is 1.31. The van der Waals surface area contributed by atoms with E-state index < -0.39 is 0 Å². The largest absolute Gasteiger partial charge is 0.380 e. The number of anilines is 1. The minimum absolute atomic E-state index is 0.0294. The zero-order chi connectivity index (χ0) is 14.3. The predicted molar refractivity (Wildman–Crippen MR) is 74.2 cm³/mol. The van der Waals surface area contributed by atoms with Crippen molar-refractivity contribution in [1.82, 2.24) is 15.3 Å². The molecule has 6 nitrogen and oxygen atoms in total. The highest BCUT2D eigenvalue weighted by molar-refractivity contribution is 5.92.